The summed E-state index contributed by atoms with van der Waals surface area (Å²) in [6.07, 6.45) is 1.56. The largest absolute Gasteiger partial charge is 0.319 e. The van der Waals surface area contributed by atoms with Crippen molar-refractivity contribution in [2.45, 2.75) is 12.8 Å². The zero-order valence-electron chi connectivity index (χ0n) is 11.9. The van der Waals surface area contributed by atoms with Crippen LogP contribution in [-0.2, 0) is 12.8 Å². The van der Waals surface area contributed by atoms with Gasteiger partial charge in [-0.15, -0.1) is 0 Å². The highest BCUT2D eigenvalue weighted by Gasteiger charge is 2.13. The van der Waals surface area contributed by atoms with Crippen molar-refractivity contribution in [2.75, 3.05) is 13.6 Å². The van der Waals surface area contributed by atoms with Gasteiger partial charge in [0.15, 0.2) is 0 Å². The highest BCUT2D eigenvalue weighted by atomic mass is 79.9. The third-order valence-corrected chi connectivity index (χ3v) is 4.15. The van der Waals surface area contributed by atoms with Crippen molar-refractivity contribution in [1.29, 1.82) is 0 Å². The summed E-state index contributed by atoms with van der Waals surface area (Å²) in [5.41, 5.74) is 1.92. The zero-order chi connectivity index (χ0) is 15.2. The Balaban J connectivity index is 2.13. The van der Waals surface area contributed by atoms with Crippen LogP contribution in [0.25, 0.3) is 0 Å². The summed E-state index contributed by atoms with van der Waals surface area (Å²) in [6.45, 7) is 0.832. The third-order valence-electron chi connectivity index (χ3n) is 3.42. The van der Waals surface area contributed by atoms with Gasteiger partial charge in [0.25, 0.3) is 0 Å². The number of benzene rings is 2. The van der Waals surface area contributed by atoms with Gasteiger partial charge in [-0.2, -0.15) is 0 Å². The quantitative estimate of drug-likeness (QED) is 0.765. The number of hydrogen-bond donors (Lipinski definition) is 1. The Morgan fingerprint density at radius 3 is 2.71 bits per heavy atom. The van der Waals surface area contributed by atoms with Gasteiger partial charge in [-0.25, -0.2) is 4.39 Å². The first-order valence-electron chi connectivity index (χ1n) is 6.91. The summed E-state index contributed by atoms with van der Waals surface area (Å²) >= 11 is 9.46. The predicted octanol–water partition coefficient (Wildman–Crippen LogP) is 4.86. The molecule has 0 saturated heterocycles. The molecular formula is C17H18BrClFN. The summed E-state index contributed by atoms with van der Waals surface area (Å²) in [7, 11) is 1.92. The van der Waals surface area contributed by atoms with Crippen molar-refractivity contribution in [3.05, 3.63) is 68.9 Å². The summed E-state index contributed by atoms with van der Waals surface area (Å²) in [4.78, 5) is 0. The first-order chi connectivity index (χ1) is 10.1. The summed E-state index contributed by atoms with van der Waals surface area (Å²) in [5.74, 6) is 0.131. The first kappa shape index (κ1) is 16.5. The Labute approximate surface area is 138 Å². The summed E-state index contributed by atoms with van der Waals surface area (Å²) in [5, 5.41) is 3.77. The second kappa shape index (κ2) is 7.92. The first-order valence-corrected chi connectivity index (χ1v) is 8.08. The molecule has 1 N–H and O–H groups in total. The van der Waals surface area contributed by atoms with E-state index in [0.29, 0.717) is 22.9 Å². The predicted molar refractivity (Wildman–Crippen MR) is 90.4 cm³/mol. The van der Waals surface area contributed by atoms with E-state index in [4.69, 9.17) is 11.6 Å². The second-order valence-electron chi connectivity index (χ2n) is 5.20. The van der Waals surface area contributed by atoms with Crippen molar-refractivity contribution < 1.29 is 4.39 Å². The Bertz CT molecular complexity index is 603. The van der Waals surface area contributed by atoms with Crippen LogP contribution in [0.4, 0.5) is 4.39 Å². The lowest BCUT2D eigenvalue weighted by Crippen LogP contribution is -2.23. The van der Waals surface area contributed by atoms with Crippen molar-refractivity contribution >= 4 is 27.5 Å². The average Bonchev–Trinajstić information content (AvgIpc) is 2.43. The molecule has 0 aliphatic carbocycles. The van der Waals surface area contributed by atoms with Crippen molar-refractivity contribution in [3.63, 3.8) is 0 Å². The van der Waals surface area contributed by atoms with E-state index in [1.807, 2.05) is 19.2 Å². The van der Waals surface area contributed by atoms with Crippen LogP contribution in [0.2, 0.25) is 5.02 Å². The minimum Gasteiger partial charge on any atom is -0.319 e. The van der Waals surface area contributed by atoms with Crippen molar-refractivity contribution in [3.8, 4) is 0 Å². The van der Waals surface area contributed by atoms with Gasteiger partial charge >= 0.3 is 0 Å². The average molecular weight is 371 g/mol. The minimum absolute atomic E-state index is 0.185. The molecule has 21 heavy (non-hydrogen) atoms. The Morgan fingerprint density at radius 1 is 1.19 bits per heavy atom. The Hall–Kier alpha value is -0.900. The number of nitrogens with one attached hydrogen (secondary N) is 1. The molecule has 112 valence electrons. The van der Waals surface area contributed by atoms with Gasteiger partial charge in [-0.1, -0.05) is 39.7 Å². The molecule has 2 aromatic rings. The summed E-state index contributed by atoms with van der Waals surface area (Å²) in [6, 6.07) is 13.0. The standard InChI is InChI=1S/C17H18BrClFN/c1-21-11-13(7-12-3-2-4-15(18)9-12)8-14-10-16(19)5-6-17(14)20/h2-6,9-10,13,21H,7-8,11H2,1H3. The van der Waals surface area contributed by atoms with E-state index in [1.54, 1.807) is 12.1 Å². The van der Waals surface area contributed by atoms with Gasteiger partial charge in [0.1, 0.15) is 5.82 Å². The highest BCUT2D eigenvalue weighted by Crippen LogP contribution is 2.21. The summed E-state index contributed by atoms with van der Waals surface area (Å²) < 4.78 is 15.0. The van der Waals surface area contributed by atoms with E-state index in [9.17, 15) is 4.39 Å². The van der Waals surface area contributed by atoms with Crippen LogP contribution in [0, 0.1) is 11.7 Å². The van der Waals surface area contributed by atoms with Gasteiger partial charge in [0.2, 0.25) is 0 Å². The molecular weight excluding hydrogens is 353 g/mol. The molecule has 0 aromatic heterocycles. The molecule has 0 bridgehead atoms. The van der Waals surface area contributed by atoms with E-state index in [-0.39, 0.29) is 5.82 Å². The third kappa shape index (κ3) is 5.10. The van der Waals surface area contributed by atoms with Gasteiger partial charge in [-0.3, -0.25) is 0 Å². The van der Waals surface area contributed by atoms with E-state index in [2.05, 4.69) is 33.4 Å². The molecule has 0 heterocycles. The van der Waals surface area contributed by atoms with Gasteiger partial charge in [0, 0.05) is 9.50 Å². The molecule has 4 heteroatoms. The van der Waals surface area contributed by atoms with Crippen molar-refractivity contribution in [1.82, 2.24) is 5.32 Å². The fraction of sp³-hybridized carbons (Fsp3) is 0.294. The van der Waals surface area contributed by atoms with E-state index in [0.717, 1.165) is 17.4 Å². The fourth-order valence-electron chi connectivity index (χ4n) is 2.51. The number of rotatable bonds is 6. The van der Waals surface area contributed by atoms with Gasteiger partial charge in [0.05, 0.1) is 0 Å². The molecule has 1 nitrogen and oxygen atoms in total. The molecule has 0 saturated carbocycles. The number of halogens is 3. The van der Waals surface area contributed by atoms with E-state index in [1.165, 1.54) is 11.6 Å². The minimum atomic E-state index is -0.185. The Morgan fingerprint density at radius 2 is 2.00 bits per heavy atom. The lowest BCUT2D eigenvalue weighted by Gasteiger charge is -2.17. The fourth-order valence-corrected chi connectivity index (χ4v) is 3.15. The van der Waals surface area contributed by atoms with Crippen LogP contribution in [0.5, 0.6) is 0 Å². The molecule has 2 rings (SSSR count). The van der Waals surface area contributed by atoms with Crippen LogP contribution in [0.3, 0.4) is 0 Å². The molecule has 0 fully saturated rings. The molecule has 0 amide bonds. The van der Waals surface area contributed by atoms with Crippen molar-refractivity contribution in [2.24, 2.45) is 5.92 Å². The molecule has 0 spiro atoms. The number of hydrogen-bond acceptors (Lipinski definition) is 1. The SMILES string of the molecule is CNCC(Cc1cccc(Br)c1)Cc1cc(Cl)ccc1F. The van der Waals surface area contributed by atoms with Crippen LogP contribution in [-0.4, -0.2) is 13.6 Å². The Kier molecular flexibility index (Phi) is 6.22. The van der Waals surface area contributed by atoms with Crippen LogP contribution in [0.15, 0.2) is 46.9 Å². The molecule has 0 aliphatic rings. The molecule has 2 aromatic carbocycles. The van der Waals surface area contributed by atoms with E-state index >= 15 is 0 Å². The van der Waals surface area contributed by atoms with Crippen LogP contribution < -0.4 is 5.32 Å². The highest BCUT2D eigenvalue weighted by molar-refractivity contribution is 9.10. The maximum absolute atomic E-state index is 13.9. The van der Waals surface area contributed by atoms with Gasteiger partial charge < -0.3 is 5.32 Å². The van der Waals surface area contributed by atoms with Gasteiger partial charge in [-0.05, 0) is 73.8 Å². The van der Waals surface area contributed by atoms with E-state index < -0.39 is 0 Å². The molecule has 1 unspecified atom stereocenters. The topological polar surface area (TPSA) is 12.0 Å². The lowest BCUT2D eigenvalue weighted by molar-refractivity contribution is 0.480. The van der Waals surface area contributed by atoms with Crippen LogP contribution >= 0.6 is 27.5 Å². The normalized spacial score (nSPS) is 12.4. The molecule has 0 aliphatic heterocycles. The lowest BCUT2D eigenvalue weighted by atomic mass is 9.92. The smallest absolute Gasteiger partial charge is 0.126 e. The molecule has 0 radical (unpaired) electrons. The van der Waals surface area contributed by atoms with Crippen LogP contribution in [0.1, 0.15) is 11.1 Å². The molecule has 1 atom stereocenters. The maximum atomic E-state index is 13.9. The maximum Gasteiger partial charge on any atom is 0.126 e. The zero-order valence-corrected chi connectivity index (χ0v) is 14.2. The monoisotopic (exact) mass is 369 g/mol. The second-order valence-corrected chi connectivity index (χ2v) is 6.55.